The second-order valence-corrected chi connectivity index (χ2v) is 5.98. The molecule has 0 atom stereocenters. The number of pyridine rings is 1. The molecule has 0 aliphatic rings. The average molecular weight is 428 g/mol. The number of halogens is 6. The molecule has 0 aliphatic carbocycles. The third-order valence-electron chi connectivity index (χ3n) is 3.97. The lowest BCUT2D eigenvalue weighted by Gasteiger charge is -2.13. The van der Waals surface area contributed by atoms with Gasteiger partial charge in [-0.25, -0.2) is 14.5 Å². The largest absolute Gasteiger partial charge is 0.478 e. The Hall–Kier alpha value is -3.70. The highest BCUT2D eigenvalue weighted by molar-refractivity contribution is 6.15. The molecule has 2 aromatic heterocycles. The summed E-state index contributed by atoms with van der Waals surface area (Å²) in [6.45, 7) is 3.41. The molecule has 1 N–H and O–H groups in total. The number of carboxylic acid groups (broad SMARTS) is 1. The van der Waals surface area contributed by atoms with E-state index in [2.05, 4.69) is 21.6 Å². The van der Waals surface area contributed by atoms with Crippen molar-refractivity contribution in [3.8, 4) is 17.1 Å². The predicted octanol–water partition coefficient (Wildman–Crippen LogP) is 4.46. The maximum Gasteiger partial charge on any atom is 0.416 e. The smallest absolute Gasteiger partial charge is 0.416 e. The zero-order valence-electron chi connectivity index (χ0n) is 14.7. The summed E-state index contributed by atoms with van der Waals surface area (Å²) in [6, 6.07) is 2.31. The number of nitrogens with zero attached hydrogens (tertiary/aromatic N) is 4. The quantitative estimate of drug-likeness (QED) is 0.490. The fraction of sp³-hybridized carbons (Fsp3) is 0.111. The van der Waals surface area contributed by atoms with Gasteiger partial charge in [0.25, 0.3) is 0 Å². The van der Waals surface area contributed by atoms with Gasteiger partial charge in [0.1, 0.15) is 6.33 Å². The number of rotatable bonds is 4. The number of carbonyl (C=O) groups is 1. The van der Waals surface area contributed by atoms with Gasteiger partial charge in [-0.3, -0.25) is 4.98 Å². The number of benzene rings is 1. The molecular formula is C18H10F6N4O2. The fourth-order valence-corrected chi connectivity index (χ4v) is 2.53. The summed E-state index contributed by atoms with van der Waals surface area (Å²) in [5, 5.41) is 13.0. The number of hydrogen-bond donors (Lipinski definition) is 1. The van der Waals surface area contributed by atoms with Crippen molar-refractivity contribution in [2.75, 3.05) is 0 Å². The van der Waals surface area contributed by atoms with Gasteiger partial charge in [-0.15, -0.1) is 5.10 Å². The Labute approximate surface area is 164 Å². The van der Waals surface area contributed by atoms with Crippen molar-refractivity contribution in [2.45, 2.75) is 12.4 Å². The topological polar surface area (TPSA) is 80.9 Å². The van der Waals surface area contributed by atoms with Crippen molar-refractivity contribution in [3.63, 3.8) is 0 Å². The molecule has 0 amide bonds. The fourth-order valence-electron chi connectivity index (χ4n) is 2.53. The van der Waals surface area contributed by atoms with Crippen molar-refractivity contribution >= 4 is 11.5 Å². The lowest BCUT2D eigenvalue weighted by molar-refractivity contribution is -0.143. The van der Waals surface area contributed by atoms with Crippen LogP contribution >= 0.6 is 0 Å². The van der Waals surface area contributed by atoms with Gasteiger partial charge in [-0.2, -0.15) is 26.3 Å². The number of alkyl halides is 6. The lowest BCUT2D eigenvalue weighted by Crippen LogP contribution is -2.11. The van der Waals surface area contributed by atoms with Gasteiger partial charge in [0, 0.05) is 17.3 Å². The Bertz CT molecular complexity index is 1100. The highest BCUT2D eigenvalue weighted by Gasteiger charge is 2.37. The zero-order chi connectivity index (χ0) is 22.3. The van der Waals surface area contributed by atoms with Crippen molar-refractivity contribution in [3.05, 3.63) is 66.3 Å². The highest BCUT2D eigenvalue weighted by Crippen LogP contribution is 2.38. The monoisotopic (exact) mass is 428 g/mol. The maximum absolute atomic E-state index is 13.1. The Morgan fingerprint density at radius 1 is 1.03 bits per heavy atom. The molecule has 156 valence electrons. The van der Waals surface area contributed by atoms with Crippen molar-refractivity contribution in [1.29, 1.82) is 0 Å². The SMILES string of the molecule is C=C(C(=O)O)c1ccncc1-n1cnc(-c2cc(C(F)(F)F)cc(C(F)(F)F)c2)n1. The minimum Gasteiger partial charge on any atom is -0.478 e. The molecule has 6 nitrogen and oxygen atoms in total. The average Bonchev–Trinajstić information content (AvgIpc) is 3.15. The van der Waals surface area contributed by atoms with E-state index in [9.17, 15) is 31.1 Å². The van der Waals surface area contributed by atoms with E-state index in [0.717, 1.165) is 11.0 Å². The van der Waals surface area contributed by atoms with E-state index in [1.165, 1.54) is 18.5 Å². The van der Waals surface area contributed by atoms with Gasteiger partial charge in [-0.1, -0.05) is 6.58 Å². The summed E-state index contributed by atoms with van der Waals surface area (Å²) >= 11 is 0. The molecule has 3 rings (SSSR count). The molecule has 12 heteroatoms. The molecule has 0 unspecified atom stereocenters. The van der Waals surface area contributed by atoms with Crippen LogP contribution in [0, 0.1) is 0 Å². The summed E-state index contributed by atoms with van der Waals surface area (Å²) in [4.78, 5) is 18.8. The first kappa shape index (κ1) is 21.0. The van der Waals surface area contributed by atoms with E-state index < -0.39 is 40.8 Å². The predicted molar refractivity (Wildman–Crippen MR) is 91.3 cm³/mol. The van der Waals surface area contributed by atoms with E-state index in [1.807, 2.05) is 0 Å². The first-order valence-corrected chi connectivity index (χ1v) is 7.96. The van der Waals surface area contributed by atoms with Crippen molar-refractivity contribution < 1.29 is 36.2 Å². The van der Waals surface area contributed by atoms with Crippen LogP contribution in [0.15, 0.2) is 49.6 Å². The lowest BCUT2D eigenvalue weighted by atomic mass is 10.0. The molecule has 0 aliphatic heterocycles. The molecule has 0 saturated heterocycles. The van der Waals surface area contributed by atoms with E-state index in [1.54, 1.807) is 0 Å². The zero-order valence-corrected chi connectivity index (χ0v) is 14.7. The van der Waals surface area contributed by atoms with E-state index in [4.69, 9.17) is 5.11 Å². The molecule has 3 aromatic rings. The standard InChI is InChI=1S/C18H10F6N4O2/c1-9(16(29)30)13-2-3-25-7-14(13)28-8-26-15(27-28)10-4-11(17(19,20)21)6-12(5-10)18(22,23)24/h2-8H,1H2,(H,29,30). The Kier molecular flexibility index (Phi) is 5.10. The van der Waals surface area contributed by atoms with Crippen LogP contribution in [0.3, 0.4) is 0 Å². The van der Waals surface area contributed by atoms with Crippen LogP contribution in [0.1, 0.15) is 16.7 Å². The molecule has 1 aromatic carbocycles. The van der Waals surface area contributed by atoms with E-state index >= 15 is 0 Å². The highest BCUT2D eigenvalue weighted by atomic mass is 19.4. The molecule has 0 fully saturated rings. The maximum atomic E-state index is 13.1. The van der Waals surface area contributed by atoms with Crippen LogP contribution in [-0.2, 0) is 17.1 Å². The molecule has 0 spiro atoms. The summed E-state index contributed by atoms with van der Waals surface area (Å²) in [5.41, 5.74) is -3.68. The Morgan fingerprint density at radius 2 is 1.63 bits per heavy atom. The molecule has 30 heavy (non-hydrogen) atoms. The second-order valence-electron chi connectivity index (χ2n) is 5.98. The van der Waals surface area contributed by atoms with Gasteiger partial charge < -0.3 is 5.11 Å². The molecular weight excluding hydrogens is 418 g/mol. The van der Waals surface area contributed by atoms with Crippen LogP contribution in [0.2, 0.25) is 0 Å². The van der Waals surface area contributed by atoms with E-state index in [0.29, 0.717) is 12.1 Å². The number of aromatic nitrogens is 4. The van der Waals surface area contributed by atoms with Gasteiger partial charge in [0.05, 0.1) is 28.6 Å². The van der Waals surface area contributed by atoms with Gasteiger partial charge in [-0.05, 0) is 24.3 Å². The first-order chi connectivity index (χ1) is 13.9. The normalized spacial score (nSPS) is 12.1. The summed E-state index contributed by atoms with van der Waals surface area (Å²) in [7, 11) is 0. The summed E-state index contributed by atoms with van der Waals surface area (Å²) in [6.07, 6.45) is -6.54. The third kappa shape index (κ3) is 4.16. The Morgan fingerprint density at radius 3 is 2.17 bits per heavy atom. The number of hydrogen-bond acceptors (Lipinski definition) is 4. The van der Waals surface area contributed by atoms with Crippen molar-refractivity contribution in [1.82, 2.24) is 19.7 Å². The summed E-state index contributed by atoms with van der Waals surface area (Å²) in [5.74, 6) is -1.77. The first-order valence-electron chi connectivity index (χ1n) is 7.96. The van der Waals surface area contributed by atoms with Gasteiger partial charge in [0.2, 0.25) is 0 Å². The third-order valence-corrected chi connectivity index (χ3v) is 3.97. The molecule has 0 bridgehead atoms. The molecule has 0 radical (unpaired) electrons. The van der Waals surface area contributed by atoms with Crippen LogP contribution in [0.25, 0.3) is 22.6 Å². The van der Waals surface area contributed by atoms with Gasteiger partial charge in [0.15, 0.2) is 5.82 Å². The molecule has 0 saturated carbocycles. The van der Waals surface area contributed by atoms with E-state index in [-0.39, 0.29) is 22.9 Å². The van der Waals surface area contributed by atoms with Crippen molar-refractivity contribution in [2.24, 2.45) is 0 Å². The van der Waals surface area contributed by atoms with Crippen LogP contribution < -0.4 is 0 Å². The summed E-state index contributed by atoms with van der Waals surface area (Å²) < 4.78 is 79.3. The minimum atomic E-state index is -5.02. The van der Waals surface area contributed by atoms with Crippen LogP contribution in [0.5, 0.6) is 0 Å². The number of carboxylic acids is 1. The number of aliphatic carboxylic acids is 1. The van der Waals surface area contributed by atoms with Crippen LogP contribution in [0.4, 0.5) is 26.3 Å². The second kappa shape index (κ2) is 7.28. The minimum absolute atomic E-state index is 0.00341. The van der Waals surface area contributed by atoms with Crippen LogP contribution in [-0.4, -0.2) is 30.8 Å². The Balaban J connectivity index is 2.12. The van der Waals surface area contributed by atoms with Gasteiger partial charge >= 0.3 is 18.3 Å². The molecule has 2 heterocycles.